The Labute approximate surface area is 116 Å². The van der Waals surface area contributed by atoms with Crippen molar-refractivity contribution in [2.75, 3.05) is 0 Å². The standard InChI is InChI=1S/C17H26O2/c1-12(2)7-5-8-13(3)9-6-10-17(4)15-11-14(15)16(18)19-17/h7,9,14-15H,5-6,8,10-11H2,1-4H3/b13-9+. The lowest BCUT2D eigenvalue weighted by Crippen LogP contribution is -2.28. The minimum absolute atomic E-state index is 0.0387. The molecule has 3 unspecified atom stereocenters. The molecule has 0 aromatic heterocycles. The SMILES string of the molecule is CC(C)=CCC/C(C)=C/CCC1(C)OC(=O)C2CC21. The molecule has 0 bridgehead atoms. The van der Waals surface area contributed by atoms with E-state index in [2.05, 4.69) is 39.8 Å². The van der Waals surface area contributed by atoms with Gasteiger partial charge in [-0.2, -0.15) is 0 Å². The van der Waals surface area contributed by atoms with Crippen molar-refractivity contribution >= 4 is 5.97 Å². The Balaban J connectivity index is 1.74. The van der Waals surface area contributed by atoms with E-state index in [9.17, 15) is 4.79 Å². The van der Waals surface area contributed by atoms with E-state index in [1.165, 1.54) is 11.1 Å². The van der Waals surface area contributed by atoms with Gasteiger partial charge < -0.3 is 4.74 Å². The van der Waals surface area contributed by atoms with E-state index < -0.39 is 0 Å². The van der Waals surface area contributed by atoms with Gasteiger partial charge in [0.25, 0.3) is 0 Å². The number of carbonyl (C=O) groups excluding carboxylic acids is 1. The Morgan fingerprint density at radius 3 is 2.58 bits per heavy atom. The van der Waals surface area contributed by atoms with E-state index in [1.54, 1.807) is 0 Å². The summed E-state index contributed by atoms with van der Waals surface area (Å²) in [5.74, 6) is 0.767. The van der Waals surface area contributed by atoms with E-state index in [-0.39, 0.29) is 17.5 Å². The van der Waals surface area contributed by atoms with E-state index in [0.29, 0.717) is 5.92 Å². The monoisotopic (exact) mass is 262 g/mol. The molecule has 3 atom stereocenters. The van der Waals surface area contributed by atoms with Crippen molar-refractivity contribution in [3.05, 3.63) is 23.3 Å². The minimum Gasteiger partial charge on any atom is -0.459 e. The van der Waals surface area contributed by atoms with Crippen molar-refractivity contribution in [2.45, 2.75) is 65.4 Å². The molecular formula is C17H26O2. The van der Waals surface area contributed by atoms with Crippen LogP contribution in [0.25, 0.3) is 0 Å². The van der Waals surface area contributed by atoms with Crippen molar-refractivity contribution < 1.29 is 9.53 Å². The number of allylic oxidation sites excluding steroid dienone is 4. The van der Waals surface area contributed by atoms with Gasteiger partial charge in [-0.25, -0.2) is 0 Å². The van der Waals surface area contributed by atoms with E-state index >= 15 is 0 Å². The van der Waals surface area contributed by atoms with Gasteiger partial charge in [-0.1, -0.05) is 23.3 Å². The van der Waals surface area contributed by atoms with Gasteiger partial charge in [0.05, 0.1) is 5.92 Å². The van der Waals surface area contributed by atoms with Gasteiger partial charge in [0.15, 0.2) is 0 Å². The average Bonchev–Trinajstić information content (AvgIpc) is 3.04. The van der Waals surface area contributed by atoms with Crippen molar-refractivity contribution in [1.29, 1.82) is 0 Å². The van der Waals surface area contributed by atoms with E-state index in [0.717, 1.165) is 32.1 Å². The first-order valence-electron chi connectivity index (χ1n) is 7.44. The maximum Gasteiger partial charge on any atom is 0.309 e. The largest absolute Gasteiger partial charge is 0.459 e. The second-order valence-corrected chi connectivity index (χ2v) is 6.59. The third-order valence-corrected chi connectivity index (χ3v) is 4.44. The molecule has 1 aliphatic heterocycles. The number of esters is 1. The summed E-state index contributed by atoms with van der Waals surface area (Å²) in [6.45, 7) is 8.58. The summed E-state index contributed by atoms with van der Waals surface area (Å²) >= 11 is 0. The molecule has 2 aliphatic rings. The van der Waals surface area contributed by atoms with Gasteiger partial charge in [0.1, 0.15) is 5.60 Å². The van der Waals surface area contributed by atoms with Gasteiger partial charge in [-0.15, -0.1) is 0 Å². The molecule has 1 saturated heterocycles. The summed E-state index contributed by atoms with van der Waals surface area (Å²) in [6.07, 6.45) is 9.90. The number of hydrogen-bond donors (Lipinski definition) is 0. The fourth-order valence-electron chi connectivity index (χ4n) is 3.04. The van der Waals surface area contributed by atoms with Crippen LogP contribution in [0.3, 0.4) is 0 Å². The first-order valence-corrected chi connectivity index (χ1v) is 7.44. The highest BCUT2D eigenvalue weighted by atomic mass is 16.6. The molecule has 0 amide bonds. The zero-order valence-electron chi connectivity index (χ0n) is 12.7. The quantitative estimate of drug-likeness (QED) is 0.523. The van der Waals surface area contributed by atoms with Crippen molar-refractivity contribution in [3.63, 3.8) is 0 Å². The summed E-state index contributed by atoms with van der Waals surface area (Å²) < 4.78 is 5.53. The second-order valence-electron chi connectivity index (χ2n) is 6.59. The summed E-state index contributed by atoms with van der Waals surface area (Å²) in [4.78, 5) is 11.5. The van der Waals surface area contributed by atoms with Gasteiger partial charge in [-0.05, 0) is 59.8 Å². The predicted molar refractivity (Wildman–Crippen MR) is 77.8 cm³/mol. The maximum atomic E-state index is 11.5. The molecule has 106 valence electrons. The van der Waals surface area contributed by atoms with Crippen LogP contribution in [-0.4, -0.2) is 11.6 Å². The molecule has 1 aliphatic carbocycles. The van der Waals surface area contributed by atoms with Crippen LogP contribution in [0.15, 0.2) is 23.3 Å². The Bertz CT molecular complexity index is 415. The topological polar surface area (TPSA) is 26.3 Å². The van der Waals surface area contributed by atoms with Gasteiger partial charge in [0, 0.05) is 5.92 Å². The number of fused-ring (bicyclic) bond motifs is 1. The summed E-state index contributed by atoms with van der Waals surface area (Å²) in [5, 5.41) is 0. The Kier molecular flexibility index (Phi) is 4.17. The van der Waals surface area contributed by atoms with Crippen LogP contribution in [0.5, 0.6) is 0 Å². The first-order chi connectivity index (χ1) is 8.92. The summed E-state index contributed by atoms with van der Waals surface area (Å²) in [7, 11) is 0. The number of ether oxygens (including phenoxy) is 1. The zero-order chi connectivity index (χ0) is 14.0. The molecule has 0 spiro atoms. The van der Waals surface area contributed by atoms with Crippen LogP contribution in [0, 0.1) is 11.8 Å². The normalized spacial score (nSPS) is 32.8. The Hall–Kier alpha value is -1.05. The van der Waals surface area contributed by atoms with Crippen LogP contribution >= 0.6 is 0 Å². The fourth-order valence-corrected chi connectivity index (χ4v) is 3.04. The van der Waals surface area contributed by atoms with Crippen molar-refractivity contribution in [1.82, 2.24) is 0 Å². The molecule has 2 rings (SSSR count). The lowest BCUT2D eigenvalue weighted by atomic mass is 9.93. The molecule has 2 heteroatoms. The third-order valence-electron chi connectivity index (χ3n) is 4.44. The van der Waals surface area contributed by atoms with Crippen LogP contribution in [0.2, 0.25) is 0 Å². The van der Waals surface area contributed by atoms with Crippen LogP contribution in [0.4, 0.5) is 0 Å². The molecule has 1 saturated carbocycles. The summed E-state index contributed by atoms with van der Waals surface area (Å²) in [5.41, 5.74) is 2.65. The molecule has 0 N–H and O–H groups in total. The van der Waals surface area contributed by atoms with Crippen LogP contribution in [-0.2, 0) is 9.53 Å². The highest BCUT2D eigenvalue weighted by Gasteiger charge is 2.62. The molecule has 0 aromatic carbocycles. The second kappa shape index (κ2) is 5.52. The van der Waals surface area contributed by atoms with Crippen molar-refractivity contribution in [2.24, 2.45) is 11.8 Å². The summed E-state index contributed by atoms with van der Waals surface area (Å²) in [6, 6.07) is 0. The van der Waals surface area contributed by atoms with Gasteiger partial charge in [-0.3, -0.25) is 4.79 Å². The molecular weight excluding hydrogens is 236 g/mol. The lowest BCUT2D eigenvalue weighted by Gasteiger charge is -2.24. The maximum absolute atomic E-state index is 11.5. The number of cyclic esters (lactones) is 1. The molecule has 0 aromatic rings. The van der Waals surface area contributed by atoms with Crippen LogP contribution in [0.1, 0.15) is 59.8 Å². The Morgan fingerprint density at radius 1 is 1.32 bits per heavy atom. The fraction of sp³-hybridized carbons (Fsp3) is 0.706. The van der Waals surface area contributed by atoms with E-state index in [1.807, 2.05) is 0 Å². The highest BCUT2D eigenvalue weighted by Crippen LogP contribution is 2.56. The molecule has 2 fully saturated rings. The lowest BCUT2D eigenvalue weighted by molar-refractivity contribution is -0.152. The number of hydrogen-bond acceptors (Lipinski definition) is 2. The average molecular weight is 262 g/mol. The Morgan fingerprint density at radius 2 is 2.05 bits per heavy atom. The molecule has 19 heavy (non-hydrogen) atoms. The van der Waals surface area contributed by atoms with Gasteiger partial charge in [0.2, 0.25) is 0 Å². The van der Waals surface area contributed by atoms with Crippen molar-refractivity contribution in [3.8, 4) is 0 Å². The highest BCUT2D eigenvalue weighted by molar-refractivity contribution is 5.79. The zero-order valence-corrected chi connectivity index (χ0v) is 12.7. The minimum atomic E-state index is -0.182. The van der Waals surface area contributed by atoms with E-state index in [4.69, 9.17) is 4.74 Å². The first kappa shape index (κ1) is 14.4. The molecule has 2 nitrogen and oxygen atoms in total. The molecule has 1 heterocycles. The predicted octanol–water partition coefficient (Wildman–Crippen LogP) is 4.41. The molecule has 0 radical (unpaired) electrons. The number of carbonyl (C=O) groups is 1. The van der Waals surface area contributed by atoms with Gasteiger partial charge >= 0.3 is 5.97 Å². The third kappa shape index (κ3) is 3.49. The van der Waals surface area contributed by atoms with Crippen LogP contribution < -0.4 is 0 Å². The number of rotatable bonds is 6. The smallest absolute Gasteiger partial charge is 0.309 e.